The molecule has 6 heteroatoms. The van der Waals surface area contributed by atoms with Gasteiger partial charge in [-0.05, 0) is 42.7 Å². The fourth-order valence-electron chi connectivity index (χ4n) is 4.32. The van der Waals surface area contributed by atoms with Gasteiger partial charge in [0.05, 0.1) is 11.6 Å². The van der Waals surface area contributed by atoms with Crippen LogP contribution in [0.1, 0.15) is 49.3 Å². The molecule has 1 saturated heterocycles. The van der Waals surface area contributed by atoms with Crippen molar-refractivity contribution in [3.8, 4) is 0 Å². The summed E-state index contributed by atoms with van der Waals surface area (Å²) >= 11 is 3.35. The molecule has 1 aliphatic carbocycles. The van der Waals surface area contributed by atoms with E-state index in [0.29, 0.717) is 11.1 Å². The lowest BCUT2D eigenvalue weighted by molar-refractivity contribution is -0.141. The highest BCUT2D eigenvalue weighted by atomic mass is 79.9. The van der Waals surface area contributed by atoms with E-state index in [4.69, 9.17) is 0 Å². The summed E-state index contributed by atoms with van der Waals surface area (Å²) < 4.78 is 14.4. The molecule has 4 nitrogen and oxygen atoms in total. The summed E-state index contributed by atoms with van der Waals surface area (Å²) in [4.78, 5) is 27.6. The maximum atomic E-state index is 13.5. The second-order valence-corrected chi connectivity index (χ2v) is 8.47. The molecule has 0 bridgehead atoms. The topological polar surface area (TPSA) is 57.6 Å². The number of ketones is 1. The number of aliphatic hydroxyl groups is 1. The summed E-state index contributed by atoms with van der Waals surface area (Å²) in [6.45, 7) is 0. The first kappa shape index (κ1) is 19.8. The Labute approximate surface area is 177 Å². The zero-order valence-corrected chi connectivity index (χ0v) is 17.4. The molecule has 1 amide bonds. The van der Waals surface area contributed by atoms with Crippen LogP contribution >= 0.6 is 15.9 Å². The molecule has 1 atom stereocenters. The highest BCUT2D eigenvalue weighted by molar-refractivity contribution is 9.10. The average Bonchev–Trinajstić information content (AvgIpc) is 3.00. The van der Waals surface area contributed by atoms with Gasteiger partial charge in [-0.1, -0.05) is 59.5 Å². The SMILES string of the molecule is O=C1C(=O)N(C2CCCCC2)C(c2ccc(F)cc2)/C1=C(/O)c1ccc(Br)cc1. The van der Waals surface area contributed by atoms with Crippen LogP contribution in [0.15, 0.2) is 58.6 Å². The predicted octanol–water partition coefficient (Wildman–Crippen LogP) is 5.34. The van der Waals surface area contributed by atoms with Gasteiger partial charge in [-0.15, -0.1) is 0 Å². The normalized spacial score (nSPS) is 22.3. The van der Waals surface area contributed by atoms with Crippen molar-refractivity contribution in [2.24, 2.45) is 0 Å². The van der Waals surface area contributed by atoms with Gasteiger partial charge in [0.15, 0.2) is 0 Å². The summed E-state index contributed by atoms with van der Waals surface area (Å²) in [6, 6.07) is 11.9. The molecule has 29 heavy (non-hydrogen) atoms. The fraction of sp³-hybridized carbons (Fsp3) is 0.304. The van der Waals surface area contributed by atoms with Gasteiger partial charge in [-0.3, -0.25) is 9.59 Å². The quantitative estimate of drug-likeness (QED) is 0.384. The van der Waals surface area contributed by atoms with Crippen LogP contribution in [0.25, 0.3) is 5.76 Å². The molecule has 1 aliphatic heterocycles. The third-order valence-electron chi connectivity index (χ3n) is 5.75. The lowest BCUT2D eigenvalue weighted by Crippen LogP contribution is -2.40. The third-order valence-corrected chi connectivity index (χ3v) is 6.28. The summed E-state index contributed by atoms with van der Waals surface area (Å²) in [5.74, 6) is -1.88. The molecule has 150 valence electrons. The second kappa shape index (κ2) is 8.11. The van der Waals surface area contributed by atoms with Crippen LogP contribution in [0.3, 0.4) is 0 Å². The highest BCUT2D eigenvalue weighted by Gasteiger charge is 2.48. The van der Waals surface area contributed by atoms with Crippen molar-refractivity contribution >= 4 is 33.4 Å². The summed E-state index contributed by atoms with van der Waals surface area (Å²) in [5.41, 5.74) is 1.14. The number of Topliss-reactive ketones (excluding diaryl/α,β-unsaturated/α-hetero) is 1. The Morgan fingerprint density at radius 3 is 2.21 bits per heavy atom. The van der Waals surface area contributed by atoms with Crippen LogP contribution < -0.4 is 0 Å². The number of rotatable bonds is 3. The summed E-state index contributed by atoms with van der Waals surface area (Å²) in [6.07, 6.45) is 4.75. The Morgan fingerprint density at radius 1 is 0.966 bits per heavy atom. The van der Waals surface area contributed by atoms with Gasteiger partial charge in [0.2, 0.25) is 0 Å². The van der Waals surface area contributed by atoms with Crippen LogP contribution in [0.5, 0.6) is 0 Å². The van der Waals surface area contributed by atoms with Crippen molar-refractivity contribution in [2.45, 2.75) is 44.2 Å². The highest BCUT2D eigenvalue weighted by Crippen LogP contribution is 2.43. The number of carbonyl (C=O) groups excluding carboxylic acids is 2. The number of likely N-dealkylation sites (tertiary alicyclic amines) is 1. The molecule has 1 saturated carbocycles. The van der Waals surface area contributed by atoms with Gasteiger partial charge in [0.1, 0.15) is 11.6 Å². The molecule has 0 radical (unpaired) electrons. The molecule has 1 N–H and O–H groups in total. The van der Waals surface area contributed by atoms with Gasteiger partial charge in [-0.25, -0.2) is 4.39 Å². The number of carbonyl (C=O) groups is 2. The lowest BCUT2D eigenvalue weighted by atomic mass is 9.91. The van der Waals surface area contributed by atoms with Gasteiger partial charge < -0.3 is 10.0 Å². The van der Waals surface area contributed by atoms with Crippen molar-refractivity contribution in [1.82, 2.24) is 4.90 Å². The van der Waals surface area contributed by atoms with E-state index in [1.807, 2.05) is 0 Å². The monoisotopic (exact) mass is 457 g/mol. The van der Waals surface area contributed by atoms with Crippen molar-refractivity contribution in [1.29, 1.82) is 0 Å². The molecule has 4 rings (SSSR count). The number of hydrogen-bond acceptors (Lipinski definition) is 3. The molecular weight excluding hydrogens is 437 g/mol. The Bertz CT molecular complexity index is 963. The Kier molecular flexibility index (Phi) is 5.54. The molecule has 2 aromatic carbocycles. The molecule has 1 unspecified atom stereocenters. The largest absolute Gasteiger partial charge is 0.507 e. The number of halogens is 2. The van der Waals surface area contributed by atoms with Gasteiger partial charge in [0.25, 0.3) is 11.7 Å². The first-order valence-electron chi connectivity index (χ1n) is 9.79. The Hall–Kier alpha value is -2.47. The fourth-order valence-corrected chi connectivity index (χ4v) is 4.59. The minimum absolute atomic E-state index is 0.0644. The van der Waals surface area contributed by atoms with E-state index >= 15 is 0 Å². The number of amides is 1. The van der Waals surface area contributed by atoms with E-state index < -0.39 is 23.5 Å². The number of nitrogens with zero attached hydrogens (tertiary/aromatic N) is 1. The Balaban J connectivity index is 1.86. The van der Waals surface area contributed by atoms with E-state index in [9.17, 15) is 19.1 Å². The maximum absolute atomic E-state index is 13.5. The van der Waals surface area contributed by atoms with Crippen molar-refractivity contribution < 1.29 is 19.1 Å². The molecule has 2 aromatic rings. The average molecular weight is 458 g/mol. The van der Waals surface area contributed by atoms with Crippen LogP contribution in [0, 0.1) is 5.82 Å². The van der Waals surface area contributed by atoms with E-state index in [2.05, 4.69) is 15.9 Å². The van der Waals surface area contributed by atoms with Gasteiger partial charge in [-0.2, -0.15) is 0 Å². The minimum Gasteiger partial charge on any atom is -0.507 e. The summed E-state index contributed by atoms with van der Waals surface area (Å²) in [7, 11) is 0. The lowest BCUT2D eigenvalue weighted by Gasteiger charge is -2.35. The number of hydrogen-bond donors (Lipinski definition) is 1. The van der Waals surface area contributed by atoms with E-state index in [0.717, 1.165) is 36.6 Å². The molecule has 1 heterocycles. The van der Waals surface area contributed by atoms with Crippen LogP contribution in [-0.2, 0) is 9.59 Å². The van der Waals surface area contributed by atoms with E-state index in [-0.39, 0.29) is 17.4 Å². The number of benzene rings is 2. The Morgan fingerprint density at radius 2 is 1.59 bits per heavy atom. The van der Waals surface area contributed by atoms with E-state index in [1.54, 1.807) is 41.3 Å². The first-order chi connectivity index (χ1) is 14.0. The standard InChI is InChI=1S/C23H21BrFNO3/c24-16-10-6-15(7-11-16)21(27)19-20(14-8-12-17(25)13-9-14)26(23(29)22(19)28)18-4-2-1-3-5-18/h6-13,18,20,27H,1-5H2/b21-19-. The van der Waals surface area contributed by atoms with Crippen LogP contribution in [-0.4, -0.2) is 27.7 Å². The maximum Gasteiger partial charge on any atom is 0.295 e. The van der Waals surface area contributed by atoms with Crippen LogP contribution in [0.4, 0.5) is 4.39 Å². The van der Waals surface area contributed by atoms with Crippen LogP contribution in [0.2, 0.25) is 0 Å². The molecule has 0 aromatic heterocycles. The van der Waals surface area contributed by atoms with Gasteiger partial charge >= 0.3 is 0 Å². The van der Waals surface area contributed by atoms with Gasteiger partial charge in [0, 0.05) is 16.1 Å². The second-order valence-electron chi connectivity index (χ2n) is 7.56. The van der Waals surface area contributed by atoms with E-state index in [1.165, 1.54) is 12.1 Å². The summed E-state index contributed by atoms with van der Waals surface area (Å²) in [5, 5.41) is 11.0. The zero-order valence-electron chi connectivity index (χ0n) is 15.8. The zero-order chi connectivity index (χ0) is 20.5. The number of aliphatic hydroxyl groups excluding tert-OH is 1. The molecular formula is C23H21BrFNO3. The predicted molar refractivity (Wildman–Crippen MR) is 112 cm³/mol. The van der Waals surface area contributed by atoms with Crippen molar-refractivity contribution in [3.05, 3.63) is 75.5 Å². The third kappa shape index (κ3) is 3.73. The minimum atomic E-state index is -0.720. The molecule has 2 fully saturated rings. The van der Waals surface area contributed by atoms with Crippen molar-refractivity contribution in [2.75, 3.05) is 0 Å². The molecule has 0 spiro atoms. The first-order valence-corrected chi connectivity index (χ1v) is 10.6. The molecule has 2 aliphatic rings. The smallest absolute Gasteiger partial charge is 0.295 e. The van der Waals surface area contributed by atoms with Crippen molar-refractivity contribution in [3.63, 3.8) is 0 Å².